The topological polar surface area (TPSA) is 61.6 Å². The normalized spacial score (nSPS) is 9.00. The number of nitrogens with zero attached hydrogens (tertiary/aromatic N) is 3. The molecule has 0 atom stereocenters. The first-order chi connectivity index (χ1) is 5.86. The number of nitriles is 1. The molecular formula is C8H10N4. The second-order valence-corrected chi connectivity index (χ2v) is 2.33. The molecule has 1 aromatic rings. The zero-order chi connectivity index (χ0) is 8.81. The second kappa shape index (κ2) is 4.29. The largest absolute Gasteiger partial charge is 0.369 e. The lowest BCUT2D eigenvalue weighted by Crippen LogP contribution is -2.02. The summed E-state index contributed by atoms with van der Waals surface area (Å²) in [4.78, 5) is 7.85. The first-order valence-corrected chi connectivity index (χ1v) is 3.83. The Hall–Kier alpha value is -1.63. The fourth-order valence-electron chi connectivity index (χ4n) is 0.730. The average molecular weight is 162 g/mol. The van der Waals surface area contributed by atoms with Gasteiger partial charge in [-0.2, -0.15) is 5.26 Å². The minimum Gasteiger partial charge on any atom is -0.369 e. The Labute approximate surface area is 71.3 Å². The number of nitrogens with one attached hydrogen (secondary N) is 1. The van der Waals surface area contributed by atoms with Gasteiger partial charge in [-0.1, -0.05) is 6.92 Å². The number of rotatable bonds is 3. The standard InChI is InChI=1S/C8H10N4/c1-2-3-10-8-6-11-7(4-9)5-12-8/h5-6H,2-3H2,1H3,(H,10,12). The first-order valence-electron chi connectivity index (χ1n) is 3.83. The highest BCUT2D eigenvalue weighted by molar-refractivity contribution is 5.32. The molecule has 1 aromatic heterocycles. The summed E-state index contributed by atoms with van der Waals surface area (Å²) in [6, 6.07) is 1.91. The predicted octanol–water partition coefficient (Wildman–Crippen LogP) is 1.17. The predicted molar refractivity (Wildman–Crippen MR) is 45.5 cm³/mol. The van der Waals surface area contributed by atoms with Gasteiger partial charge in [0.1, 0.15) is 11.9 Å². The van der Waals surface area contributed by atoms with E-state index in [0.717, 1.165) is 18.8 Å². The van der Waals surface area contributed by atoms with Gasteiger partial charge in [-0.15, -0.1) is 0 Å². The molecule has 0 aliphatic rings. The number of hydrogen-bond donors (Lipinski definition) is 1. The molecule has 0 fully saturated rings. The maximum absolute atomic E-state index is 8.43. The second-order valence-electron chi connectivity index (χ2n) is 2.33. The fraction of sp³-hybridized carbons (Fsp3) is 0.375. The van der Waals surface area contributed by atoms with E-state index >= 15 is 0 Å². The molecular weight excluding hydrogens is 152 g/mol. The van der Waals surface area contributed by atoms with Crippen LogP contribution in [0.1, 0.15) is 19.0 Å². The molecule has 1 N–H and O–H groups in total. The minimum atomic E-state index is 0.344. The molecule has 0 spiro atoms. The number of hydrogen-bond acceptors (Lipinski definition) is 4. The van der Waals surface area contributed by atoms with Gasteiger partial charge < -0.3 is 5.32 Å². The molecule has 4 heteroatoms. The van der Waals surface area contributed by atoms with E-state index in [1.165, 1.54) is 6.20 Å². The van der Waals surface area contributed by atoms with Crippen molar-refractivity contribution in [1.82, 2.24) is 9.97 Å². The van der Waals surface area contributed by atoms with Crippen molar-refractivity contribution < 1.29 is 0 Å². The molecule has 12 heavy (non-hydrogen) atoms. The minimum absolute atomic E-state index is 0.344. The molecule has 1 rings (SSSR count). The quantitative estimate of drug-likeness (QED) is 0.724. The van der Waals surface area contributed by atoms with Crippen LogP contribution in [0.15, 0.2) is 12.4 Å². The summed E-state index contributed by atoms with van der Waals surface area (Å²) in [7, 11) is 0. The molecule has 62 valence electrons. The van der Waals surface area contributed by atoms with Crippen molar-refractivity contribution in [2.24, 2.45) is 0 Å². The molecule has 0 saturated heterocycles. The lowest BCUT2D eigenvalue weighted by molar-refractivity contribution is 0.963. The van der Waals surface area contributed by atoms with Crippen molar-refractivity contribution in [2.45, 2.75) is 13.3 Å². The van der Waals surface area contributed by atoms with E-state index in [2.05, 4.69) is 22.2 Å². The smallest absolute Gasteiger partial charge is 0.158 e. The van der Waals surface area contributed by atoms with Crippen LogP contribution in [0.5, 0.6) is 0 Å². The van der Waals surface area contributed by atoms with E-state index in [1.54, 1.807) is 6.20 Å². The Balaban J connectivity index is 2.60. The molecule has 0 bridgehead atoms. The van der Waals surface area contributed by atoms with Crippen LogP contribution < -0.4 is 5.32 Å². The van der Waals surface area contributed by atoms with Crippen molar-refractivity contribution in [2.75, 3.05) is 11.9 Å². The highest BCUT2D eigenvalue weighted by Gasteiger charge is 1.93. The average Bonchev–Trinajstić information content (AvgIpc) is 2.15. The maximum Gasteiger partial charge on any atom is 0.158 e. The summed E-state index contributed by atoms with van der Waals surface area (Å²) in [5.41, 5.74) is 0.344. The Bertz CT molecular complexity index is 272. The summed E-state index contributed by atoms with van der Waals surface area (Å²) in [6.07, 6.45) is 4.06. The SMILES string of the molecule is CCCNc1cnc(C#N)cn1. The van der Waals surface area contributed by atoms with E-state index in [4.69, 9.17) is 5.26 Å². The summed E-state index contributed by atoms with van der Waals surface area (Å²) in [6.45, 7) is 2.95. The Kier molecular flexibility index (Phi) is 3.03. The zero-order valence-electron chi connectivity index (χ0n) is 6.91. The van der Waals surface area contributed by atoms with Crippen molar-refractivity contribution >= 4 is 5.82 Å². The van der Waals surface area contributed by atoms with Gasteiger partial charge in [-0.3, -0.25) is 0 Å². The third-order valence-corrected chi connectivity index (χ3v) is 1.32. The van der Waals surface area contributed by atoms with E-state index in [1.807, 2.05) is 6.07 Å². The summed E-state index contributed by atoms with van der Waals surface area (Å²) in [5.74, 6) is 0.718. The molecule has 0 radical (unpaired) electrons. The van der Waals surface area contributed by atoms with Gasteiger partial charge in [0.05, 0.1) is 12.4 Å². The fourth-order valence-corrected chi connectivity index (χ4v) is 0.730. The van der Waals surface area contributed by atoms with E-state index in [0.29, 0.717) is 5.69 Å². The van der Waals surface area contributed by atoms with Crippen molar-refractivity contribution in [1.29, 1.82) is 5.26 Å². The molecule has 0 unspecified atom stereocenters. The van der Waals surface area contributed by atoms with E-state index < -0.39 is 0 Å². The van der Waals surface area contributed by atoms with Crippen LogP contribution in [0.3, 0.4) is 0 Å². The van der Waals surface area contributed by atoms with Crippen molar-refractivity contribution in [3.8, 4) is 6.07 Å². The van der Waals surface area contributed by atoms with Gasteiger partial charge in [0.25, 0.3) is 0 Å². The molecule has 0 saturated carbocycles. The van der Waals surface area contributed by atoms with Gasteiger partial charge in [-0.25, -0.2) is 9.97 Å². The van der Waals surface area contributed by atoms with Crippen molar-refractivity contribution in [3.05, 3.63) is 18.1 Å². The molecule has 4 nitrogen and oxygen atoms in total. The summed E-state index contributed by atoms with van der Waals surface area (Å²) >= 11 is 0. The Morgan fingerprint density at radius 1 is 1.50 bits per heavy atom. The van der Waals surface area contributed by atoms with Gasteiger partial charge >= 0.3 is 0 Å². The number of anilines is 1. The van der Waals surface area contributed by atoms with Gasteiger partial charge in [0.15, 0.2) is 5.69 Å². The Morgan fingerprint density at radius 2 is 2.33 bits per heavy atom. The van der Waals surface area contributed by atoms with Crippen LogP contribution in [-0.2, 0) is 0 Å². The van der Waals surface area contributed by atoms with E-state index in [-0.39, 0.29) is 0 Å². The third-order valence-electron chi connectivity index (χ3n) is 1.32. The van der Waals surface area contributed by atoms with Crippen LogP contribution >= 0.6 is 0 Å². The lowest BCUT2D eigenvalue weighted by Gasteiger charge is -2.00. The van der Waals surface area contributed by atoms with Crippen LogP contribution in [0.2, 0.25) is 0 Å². The van der Waals surface area contributed by atoms with Crippen LogP contribution in [0.4, 0.5) is 5.82 Å². The van der Waals surface area contributed by atoms with Gasteiger partial charge in [0.2, 0.25) is 0 Å². The zero-order valence-corrected chi connectivity index (χ0v) is 6.91. The van der Waals surface area contributed by atoms with Crippen molar-refractivity contribution in [3.63, 3.8) is 0 Å². The van der Waals surface area contributed by atoms with Crippen LogP contribution in [0, 0.1) is 11.3 Å². The summed E-state index contributed by atoms with van der Waals surface area (Å²) in [5, 5.41) is 11.5. The molecule has 0 aliphatic heterocycles. The molecule has 0 amide bonds. The maximum atomic E-state index is 8.43. The highest BCUT2D eigenvalue weighted by Crippen LogP contribution is 1.99. The first kappa shape index (κ1) is 8.47. The van der Waals surface area contributed by atoms with Gasteiger partial charge in [0, 0.05) is 6.54 Å². The lowest BCUT2D eigenvalue weighted by atomic mass is 10.4. The van der Waals surface area contributed by atoms with E-state index in [9.17, 15) is 0 Å². The molecule has 0 aromatic carbocycles. The van der Waals surface area contributed by atoms with Crippen LogP contribution in [0.25, 0.3) is 0 Å². The highest BCUT2D eigenvalue weighted by atomic mass is 15.0. The van der Waals surface area contributed by atoms with Gasteiger partial charge in [-0.05, 0) is 6.42 Å². The number of aromatic nitrogens is 2. The summed E-state index contributed by atoms with van der Waals surface area (Å²) < 4.78 is 0. The molecule has 0 aliphatic carbocycles. The monoisotopic (exact) mass is 162 g/mol. The Morgan fingerprint density at radius 3 is 2.83 bits per heavy atom. The molecule has 1 heterocycles. The van der Waals surface area contributed by atoms with Crippen LogP contribution in [-0.4, -0.2) is 16.5 Å². The third kappa shape index (κ3) is 2.20.